The van der Waals surface area contributed by atoms with Gasteiger partial charge in [0.2, 0.25) is 5.91 Å². The van der Waals surface area contributed by atoms with Crippen LogP contribution in [0.3, 0.4) is 0 Å². The lowest BCUT2D eigenvalue weighted by Crippen LogP contribution is -2.07. The third kappa shape index (κ3) is 3.87. The molecule has 0 fully saturated rings. The van der Waals surface area contributed by atoms with Gasteiger partial charge in [0.05, 0.1) is 0 Å². The van der Waals surface area contributed by atoms with Crippen molar-refractivity contribution in [1.82, 2.24) is 0 Å². The lowest BCUT2D eigenvalue weighted by molar-refractivity contribution is -0.111. The summed E-state index contributed by atoms with van der Waals surface area (Å²) in [5.41, 5.74) is 2.54. The number of anilines is 1. The number of nitrogens with one attached hydrogen (secondary N) is 1. The topological polar surface area (TPSA) is 62.5 Å². The van der Waals surface area contributed by atoms with Crippen molar-refractivity contribution in [3.63, 3.8) is 0 Å². The first-order chi connectivity index (χ1) is 11.2. The molecule has 116 valence electrons. The number of carbonyl (C=O) groups is 1. The largest absolute Gasteiger partial charge is 0.457 e. The summed E-state index contributed by atoms with van der Waals surface area (Å²) in [7, 11) is 0. The molecule has 0 saturated heterocycles. The summed E-state index contributed by atoms with van der Waals surface area (Å²) in [5, 5.41) is 12.7. The Balaban J connectivity index is 1.64. The maximum atomic E-state index is 11.9. The Bertz CT molecular complexity index is 798. The minimum atomic E-state index is -0.222. The number of hydrogen-bond donors (Lipinski definition) is 2. The number of carbonyl (C=O) groups excluding carboxylic acids is 1. The van der Waals surface area contributed by atoms with Gasteiger partial charge in [-0.25, -0.2) is 0 Å². The molecular formula is C19H17NO3. The second-order valence-electron chi connectivity index (χ2n) is 5.18. The fourth-order valence-electron chi connectivity index (χ4n) is 2.31. The van der Waals surface area contributed by atoms with Crippen LogP contribution in [0.4, 0.5) is 5.69 Å². The molecule has 3 aromatic rings. The Labute approximate surface area is 134 Å². The van der Waals surface area contributed by atoms with Gasteiger partial charge in [0.25, 0.3) is 0 Å². The van der Waals surface area contributed by atoms with Crippen LogP contribution in [0.5, 0.6) is 0 Å². The van der Waals surface area contributed by atoms with E-state index >= 15 is 0 Å². The van der Waals surface area contributed by atoms with Crippen LogP contribution in [-0.2, 0) is 11.2 Å². The highest BCUT2D eigenvalue weighted by Crippen LogP contribution is 2.19. The van der Waals surface area contributed by atoms with Crippen LogP contribution in [0.1, 0.15) is 11.3 Å². The fraction of sp³-hybridized carbons (Fsp3) is 0.105. The van der Waals surface area contributed by atoms with Gasteiger partial charge in [0, 0.05) is 23.8 Å². The van der Waals surface area contributed by atoms with Crippen molar-refractivity contribution >= 4 is 28.6 Å². The van der Waals surface area contributed by atoms with Gasteiger partial charge in [0.1, 0.15) is 11.3 Å². The van der Waals surface area contributed by atoms with Gasteiger partial charge in [-0.1, -0.05) is 30.3 Å². The van der Waals surface area contributed by atoms with Crippen LogP contribution in [0, 0.1) is 0 Å². The molecule has 0 aliphatic carbocycles. The van der Waals surface area contributed by atoms with Crippen molar-refractivity contribution in [2.45, 2.75) is 6.42 Å². The highest BCUT2D eigenvalue weighted by Gasteiger charge is 2.02. The highest BCUT2D eigenvalue weighted by atomic mass is 16.3. The maximum Gasteiger partial charge on any atom is 0.248 e. The first-order valence-electron chi connectivity index (χ1n) is 7.42. The third-order valence-electron chi connectivity index (χ3n) is 3.47. The molecule has 2 N–H and O–H groups in total. The Morgan fingerprint density at radius 3 is 2.65 bits per heavy atom. The molecule has 1 amide bonds. The van der Waals surface area contributed by atoms with Crippen LogP contribution in [0.15, 0.2) is 65.1 Å². The molecule has 0 atom stereocenters. The monoisotopic (exact) mass is 307 g/mol. The number of fused-ring (bicyclic) bond motifs is 1. The van der Waals surface area contributed by atoms with Crippen molar-refractivity contribution in [1.29, 1.82) is 0 Å². The molecule has 23 heavy (non-hydrogen) atoms. The molecule has 4 heteroatoms. The first kappa shape index (κ1) is 15.1. The van der Waals surface area contributed by atoms with Crippen molar-refractivity contribution in [3.05, 3.63) is 72.0 Å². The molecule has 0 aliphatic rings. The first-order valence-corrected chi connectivity index (χ1v) is 7.42. The number of aliphatic hydroxyl groups is 1. The van der Waals surface area contributed by atoms with E-state index in [-0.39, 0.29) is 12.5 Å². The summed E-state index contributed by atoms with van der Waals surface area (Å²) in [6.07, 6.45) is 3.70. The van der Waals surface area contributed by atoms with Gasteiger partial charge in [-0.2, -0.15) is 0 Å². The van der Waals surface area contributed by atoms with Crippen LogP contribution in [0.25, 0.3) is 17.0 Å². The summed E-state index contributed by atoms with van der Waals surface area (Å²) in [6, 6.07) is 17.0. The maximum absolute atomic E-state index is 11.9. The van der Waals surface area contributed by atoms with E-state index in [2.05, 4.69) is 5.32 Å². The summed E-state index contributed by atoms with van der Waals surface area (Å²) in [4.78, 5) is 11.9. The zero-order valence-electron chi connectivity index (χ0n) is 12.5. The van der Waals surface area contributed by atoms with E-state index in [4.69, 9.17) is 9.52 Å². The van der Waals surface area contributed by atoms with Gasteiger partial charge in [-0.05, 0) is 42.3 Å². The van der Waals surface area contributed by atoms with E-state index in [1.807, 2.05) is 54.6 Å². The molecule has 4 nitrogen and oxygen atoms in total. The second kappa shape index (κ2) is 6.94. The minimum Gasteiger partial charge on any atom is -0.457 e. The SMILES string of the molecule is O=C(C=Cc1cc2ccccc2o1)Nc1ccc(CCO)cc1. The lowest BCUT2D eigenvalue weighted by Gasteiger charge is -2.03. The predicted molar refractivity (Wildman–Crippen MR) is 91.1 cm³/mol. The fourth-order valence-corrected chi connectivity index (χ4v) is 2.31. The summed E-state index contributed by atoms with van der Waals surface area (Å²) < 4.78 is 5.62. The molecule has 0 spiro atoms. The molecule has 0 radical (unpaired) electrons. The van der Waals surface area contributed by atoms with Gasteiger partial charge in [-0.3, -0.25) is 4.79 Å². The number of amides is 1. The van der Waals surface area contributed by atoms with Crippen LogP contribution in [-0.4, -0.2) is 17.6 Å². The Morgan fingerprint density at radius 1 is 1.13 bits per heavy atom. The summed E-state index contributed by atoms with van der Waals surface area (Å²) >= 11 is 0. The van der Waals surface area contributed by atoms with Gasteiger partial charge in [-0.15, -0.1) is 0 Å². The number of benzene rings is 2. The number of hydrogen-bond acceptors (Lipinski definition) is 3. The molecule has 1 aromatic heterocycles. The Morgan fingerprint density at radius 2 is 1.91 bits per heavy atom. The smallest absolute Gasteiger partial charge is 0.248 e. The van der Waals surface area contributed by atoms with E-state index in [0.717, 1.165) is 16.5 Å². The number of rotatable bonds is 5. The Hall–Kier alpha value is -2.85. The molecule has 2 aromatic carbocycles. The average molecular weight is 307 g/mol. The van der Waals surface area contributed by atoms with Gasteiger partial charge < -0.3 is 14.8 Å². The van der Waals surface area contributed by atoms with Gasteiger partial charge >= 0.3 is 0 Å². The van der Waals surface area contributed by atoms with Crippen LogP contribution < -0.4 is 5.32 Å². The van der Waals surface area contributed by atoms with E-state index in [0.29, 0.717) is 17.9 Å². The lowest BCUT2D eigenvalue weighted by atomic mass is 10.1. The van der Waals surface area contributed by atoms with E-state index in [1.165, 1.54) is 6.08 Å². The van der Waals surface area contributed by atoms with Crippen molar-refractivity contribution < 1.29 is 14.3 Å². The molecular weight excluding hydrogens is 290 g/mol. The molecule has 0 saturated carbocycles. The number of aliphatic hydroxyl groups excluding tert-OH is 1. The summed E-state index contributed by atoms with van der Waals surface area (Å²) in [6.45, 7) is 0.117. The van der Waals surface area contributed by atoms with Crippen LogP contribution in [0.2, 0.25) is 0 Å². The number of furan rings is 1. The van der Waals surface area contributed by atoms with Crippen molar-refractivity contribution in [2.75, 3.05) is 11.9 Å². The molecule has 3 rings (SSSR count). The zero-order chi connectivity index (χ0) is 16.1. The van der Waals surface area contributed by atoms with Crippen molar-refractivity contribution in [3.8, 4) is 0 Å². The third-order valence-corrected chi connectivity index (χ3v) is 3.47. The molecule has 0 bridgehead atoms. The molecule has 0 aliphatic heterocycles. The van der Waals surface area contributed by atoms with Crippen LogP contribution >= 0.6 is 0 Å². The second-order valence-corrected chi connectivity index (χ2v) is 5.18. The van der Waals surface area contributed by atoms with E-state index < -0.39 is 0 Å². The van der Waals surface area contributed by atoms with E-state index in [1.54, 1.807) is 6.08 Å². The normalized spacial score (nSPS) is 11.2. The predicted octanol–water partition coefficient (Wildman–Crippen LogP) is 3.62. The highest BCUT2D eigenvalue weighted by molar-refractivity contribution is 6.02. The Kier molecular flexibility index (Phi) is 4.54. The van der Waals surface area contributed by atoms with Crippen molar-refractivity contribution in [2.24, 2.45) is 0 Å². The molecule has 0 unspecified atom stereocenters. The quantitative estimate of drug-likeness (QED) is 0.708. The number of para-hydroxylation sites is 1. The average Bonchev–Trinajstić information content (AvgIpc) is 2.98. The summed E-state index contributed by atoms with van der Waals surface area (Å²) in [5.74, 6) is 0.417. The standard InChI is InChI=1S/C19H17NO3/c21-12-11-14-5-7-16(8-6-14)20-19(22)10-9-17-13-15-3-1-2-4-18(15)23-17/h1-10,13,21H,11-12H2,(H,20,22). The van der Waals surface area contributed by atoms with Gasteiger partial charge in [0.15, 0.2) is 0 Å². The van der Waals surface area contributed by atoms with E-state index in [9.17, 15) is 4.79 Å². The molecule has 1 heterocycles. The minimum absolute atomic E-state index is 0.117. The zero-order valence-corrected chi connectivity index (χ0v) is 12.5.